The smallest absolute Gasteiger partial charge is 0.140 e. The molecule has 0 N–H and O–H groups in total. The SMILES string of the molecule is c1c(CN2CCC3(CCCC3)C2)noc1C1CC1. The molecule has 1 aromatic heterocycles. The Kier molecular flexibility index (Phi) is 2.51. The second kappa shape index (κ2) is 4.09. The van der Waals surface area contributed by atoms with E-state index in [2.05, 4.69) is 16.1 Å². The summed E-state index contributed by atoms with van der Waals surface area (Å²) in [6.07, 6.45) is 9.79. The van der Waals surface area contributed by atoms with Crippen molar-refractivity contribution in [3.63, 3.8) is 0 Å². The molecule has 2 saturated carbocycles. The van der Waals surface area contributed by atoms with Crippen molar-refractivity contribution in [2.75, 3.05) is 13.1 Å². The van der Waals surface area contributed by atoms with Crippen molar-refractivity contribution >= 4 is 0 Å². The molecule has 0 aromatic carbocycles. The Hall–Kier alpha value is -0.830. The van der Waals surface area contributed by atoms with Gasteiger partial charge >= 0.3 is 0 Å². The molecule has 1 aromatic rings. The number of likely N-dealkylation sites (tertiary alicyclic amines) is 1. The fourth-order valence-corrected chi connectivity index (χ4v) is 3.89. The largest absolute Gasteiger partial charge is 0.361 e. The zero-order valence-corrected chi connectivity index (χ0v) is 11.0. The third-order valence-corrected chi connectivity index (χ3v) is 5.12. The quantitative estimate of drug-likeness (QED) is 0.819. The van der Waals surface area contributed by atoms with Gasteiger partial charge in [0.05, 0.1) is 5.69 Å². The highest BCUT2D eigenvalue weighted by Crippen LogP contribution is 2.45. The second-order valence-corrected chi connectivity index (χ2v) is 6.66. The van der Waals surface area contributed by atoms with Crippen LogP contribution in [-0.2, 0) is 6.54 Å². The van der Waals surface area contributed by atoms with Gasteiger partial charge in [-0.05, 0) is 44.1 Å². The Morgan fingerprint density at radius 2 is 2.11 bits per heavy atom. The fraction of sp³-hybridized carbons (Fsp3) is 0.800. The van der Waals surface area contributed by atoms with E-state index in [0.717, 1.165) is 18.0 Å². The summed E-state index contributed by atoms with van der Waals surface area (Å²) in [5, 5.41) is 4.24. The van der Waals surface area contributed by atoms with Crippen LogP contribution in [0.1, 0.15) is 62.3 Å². The predicted molar refractivity (Wildman–Crippen MR) is 69.3 cm³/mol. The molecule has 98 valence electrons. The first-order chi connectivity index (χ1) is 8.83. The van der Waals surface area contributed by atoms with Crippen molar-refractivity contribution < 1.29 is 4.52 Å². The Labute approximate surface area is 109 Å². The Balaban J connectivity index is 1.39. The third-order valence-electron chi connectivity index (χ3n) is 5.12. The highest BCUT2D eigenvalue weighted by atomic mass is 16.5. The van der Waals surface area contributed by atoms with Crippen molar-refractivity contribution in [2.45, 2.75) is 57.4 Å². The lowest BCUT2D eigenvalue weighted by Crippen LogP contribution is -2.24. The van der Waals surface area contributed by atoms with Crippen molar-refractivity contribution in [1.29, 1.82) is 0 Å². The van der Waals surface area contributed by atoms with Crippen LogP contribution in [0, 0.1) is 5.41 Å². The minimum Gasteiger partial charge on any atom is -0.361 e. The average molecular weight is 246 g/mol. The normalized spacial score (nSPS) is 27.3. The molecule has 0 amide bonds. The zero-order chi connectivity index (χ0) is 12.0. The van der Waals surface area contributed by atoms with Gasteiger partial charge in [0.25, 0.3) is 0 Å². The zero-order valence-electron chi connectivity index (χ0n) is 11.0. The fourth-order valence-electron chi connectivity index (χ4n) is 3.89. The van der Waals surface area contributed by atoms with E-state index in [1.54, 1.807) is 0 Å². The maximum atomic E-state index is 5.44. The summed E-state index contributed by atoms with van der Waals surface area (Å²) in [7, 11) is 0. The molecular formula is C15H22N2O. The van der Waals surface area contributed by atoms with Gasteiger partial charge in [-0.3, -0.25) is 4.90 Å². The van der Waals surface area contributed by atoms with E-state index >= 15 is 0 Å². The van der Waals surface area contributed by atoms with Gasteiger partial charge in [0.1, 0.15) is 5.76 Å². The van der Waals surface area contributed by atoms with E-state index < -0.39 is 0 Å². The molecule has 0 unspecified atom stereocenters. The van der Waals surface area contributed by atoms with Crippen molar-refractivity contribution in [1.82, 2.24) is 10.1 Å². The van der Waals surface area contributed by atoms with Crippen LogP contribution in [0.3, 0.4) is 0 Å². The summed E-state index contributed by atoms with van der Waals surface area (Å²) in [6, 6.07) is 2.19. The van der Waals surface area contributed by atoms with Crippen LogP contribution in [0.25, 0.3) is 0 Å². The van der Waals surface area contributed by atoms with Gasteiger partial charge in [-0.15, -0.1) is 0 Å². The molecular weight excluding hydrogens is 224 g/mol. The van der Waals surface area contributed by atoms with E-state index in [0.29, 0.717) is 11.3 Å². The molecule has 3 fully saturated rings. The van der Waals surface area contributed by atoms with E-state index in [9.17, 15) is 0 Å². The molecule has 1 saturated heterocycles. The van der Waals surface area contributed by atoms with Crippen LogP contribution in [0.5, 0.6) is 0 Å². The molecule has 3 nitrogen and oxygen atoms in total. The van der Waals surface area contributed by atoms with Gasteiger partial charge in [0.15, 0.2) is 0 Å². The molecule has 0 atom stereocenters. The molecule has 0 radical (unpaired) electrons. The van der Waals surface area contributed by atoms with Crippen LogP contribution in [0.15, 0.2) is 10.6 Å². The number of hydrogen-bond acceptors (Lipinski definition) is 3. The molecule has 3 aliphatic rings. The molecule has 3 heteroatoms. The summed E-state index contributed by atoms with van der Waals surface area (Å²) < 4.78 is 5.44. The Morgan fingerprint density at radius 1 is 1.28 bits per heavy atom. The van der Waals surface area contributed by atoms with E-state index in [4.69, 9.17) is 4.52 Å². The highest BCUT2D eigenvalue weighted by Gasteiger charge is 2.40. The minimum absolute atomic E-state index is 0.670. The molecule has 18 heavy (non-hydrogen) atoms. The lowest BCUT2D eigenvalue weighted by atomic mass is 9.86. The Bertz CT molecular complexity index is 429. The lowest BCUT2D eigenvalue weighted by molar-refractivity contribution is 0.250. The number of rotatable bonds is 3. The monoisotopic (exact) mass is 246 g/mol. The predicted octanol–water partition coefficient (Wildman–Crippen LogP) is 3.32. The van der Waals surface area contributed by atoms with Crippen LogP contribution in [0.4, 0.5) is 0 Å². The first-order valence-corrected chi connectivity index (χ1v) is 7.51. The maximum Gasteiger partial charge on any atom is 0.140 e. The molecule has 2 heterocycles. The third kappa shape index (κ3) is 1.99. The summed E-state index contributed by atoms with van der Waals surface area (Å²) in [5.41, 5.74) is 1.82. The summed E-state index contributed by atoms with van der Waals surface area (Å²) in [4.78, 5) is 2.58. The van der Waals surface area contributed by atoms with Gasteiger partial charge in [0.2, 0.25) is 0 Å². The summed E-state index contributed by atoms with van der Waals surface area (Å²) in [6.45, 7) is 3.54. The molecule has 2 aliphatic carbocycles. The van der Waals surface area contributed by atoms with Crippen LogP contribution in [-0.4, -0.2) is 23.1 Å². The van der Waals surface area contributed by atoms with Crippen molar-refractivity contribution in [2.24, 2.45) is 5.41 Å². The summed E-state index contributed by atoms with van der Waals surface area (Å²) >= 11 is 0. The lowest BCUT2D eigenvalue weighted by Gasteiger charge is -2.22. The van der Waals surface area contributed by atoms with Crippen molar-refractivity contribution in [3.05, 3.63) is 17.5 Å². The number of aromatic nitrogens is 1. The van der Waals surface area contributed by atoms with Gasteiger partial charge in [-0.25, -0.2) is 0 Å². The van der Waals surface area contributed by atoms with E-state index in [-0.39, 0.29) is 0 Å². The number of nitrogens with zero attached hydrogens (tertiary/aromatic N) is 2. The van der Waals surface area contributed by atoms with Gasteiger partial charge in [-0.2, -0.15) is 0 Å². The Morgan fingerprint density at radius 3 is 2.89 bits per heavy atom. The first-order valence-electron chi connectivity index (χ1n) is 7.51. The molecule has 1 spiro atoms. The standard InChI is InChI=1S/C15H22N2O/c1-2-6-15(5-1)7-8-17(11-15)10-13-9-14(18-16-13)12-3-4-12/h9,12H,1-8,10-11H2. The average Bonchev–Trinajstić information content (AvgIpc) is 2.81. The van der Waals surface area contributed by atoms with Gasteiger partial charge in [-0.1, -0.05) is 18.0 Å². The summed E-state index contributed by atoms with van der Waals surface area (Å²) in [5.74, 6) is 1.81. The first kappa shape index (κ1) is 11.0. The van der Waals surface area contributed by atoms with Crippen LogP contribution >= 0.6 is 0 Å². The van der Waals surface area contributed by atoms with E-state index in [1.165, 1.54) is 58.0 Å². The van der Waals surface area contributed by atoms with E-state index in [1.807, 2.05) is 0 Å². The van der Waals surface area contributed by atoms with Crippen LogP contribution < -0.4 is 0 Å². The maximum absolute atomic E-state index is 5.44. The topological polar surface area (TPSA) is 29.3 Å². The van der Waals surface area contributed by atoms with Crippen molar-refractivity contribution in [3.8, 4) is 0 Å². The number of hydrogen-bond donors (Lipinski definition) is 0. The minimum atomic E-state index is 0.670. The highest BCUT2D eigenvalue weighted by molar-refractivity contribution is 5.14. The molecule has 0 bridgehead atoms. The van der Waals surface area contributed by atoms with Crippen LogP contribution in [0.2, 0.25) is 0 Å². The van der Waals surface area contributed by atoms with Gasteiger partial charge < -0.3 is 4.52 Å². The van der Waals surface area contributed by atoms with Gasteiger partial charge in [0, 0.05) is 25.1 Å². The molecule has 1 aliphatic heterocycles. The second-order valence-electron chi connectivity index (χ2n) is 6.66. The molecule has 4 rings (SSSR count).